The summed E-state index contributed by atoms with van der Waals surface area (Å²) in [5, 5.41) is 18.5. The molecule has 116 valence electrons. The lowest BCUT2D eigenvalue weighted by atomic mass is 9.78. The van der Waals surface area contributed by atoms with Crippen LogP contribution in [0.5, 0.6) is 0 Å². The van der Waals surface area contributed by atoms with Gasteiger partial charge in [-0.3, -0.25) is 0 Å². The lowest BCUT2D eigenvalue weighted by molar-refractivity contribution is 0.0696. The van der Waals surface area contributed by atoms with Gasteiger partial charge >= 0.3 is 5.97 Å². The molecule has 1 aromatic rings. The Kier molecular flexibility index (Phi) is 4.10. The minimum atomic E-state index is -3.87. The minimum absolute atomic E-state index is 0.0420. The van der Waals surface area contributed by atoms with Crippen LogP contribution in [-0.2, 0) is 10.0 Å². The monoisotopic (exact) mass is 313 g/mol. The van der Waals surface area contributed by atoms with Gasteiger partial charge in [-0.2, -0.15) is 0 Å². The molecule has 3 N–H and O–H groups in total. The van der Waals surface area contributed by atoms with E-state index in [1.165, 1.54) is 6.07 Å². The lowest BCUT2D eigenvalue weighted by Crippen LogP contribution is -2.56. The summed E-state index contributed by atoms with van der Waals surface area (Å²) >= 11 is 0. The molecule has 0 bridgehead atoms. The van der Waals surface area contributed by atoms with Crippen molar-refractivity contribution in [3.05, 3.63) is 28.8 Å². The molecule has 1 saturated carbocycles. The average molecular weight is 313 g/mol. The molecule has 0 radical (unpaired) electrons. The van der Waals surface area contributed by atoms with Crippen LogP contribution in [0.15, 0.2) is 17.0 Å². The molecule has 1 fully saturated rings. The van der Waals surface area contributed by atoms with Gasteiger partial charge in [-0.25, -0.2) is 17.9 Å². The number of carboxylic acids is 1. The lowest BCUT2D eigenvalue weighted by Gasteiger charge is -2.40. The van der Waals surface area contributed by atoms with Crippen molar-refractivity contribution in [3.63, 3.8) is 0 Å². The molecule has 0 aliphatic heterocycles. The first-order valence-electron chi connectivity index (χ1n) is 6.70. The molecule has 0 aromatic heterocycles. The standard InChI is InChI=1S/C14H19NO5S/c1-9-6-11(13(17)18)7-12(10(9)2)21(19,20)15-14(8-16)4-3-5-14/h6-7,15-16H,3-5,8H2,1-2H3,(H,17,18). The van der Waals surface area contributed by atoms with Gasteiger partial charge in [0.2, 0.25) is 10.0 Å². The Morgan fingerprint density at radius 1 is 1.33 bits per heavy atom. The zero-order valence-corrected chi connectivity index (χ0v) is 12.8. The summed E-state index contributed by atoms with van der Waals surface area (Å²) in [6.45, 7) is 3.05. The number of sulfonamides is 1. The molecular formula is C14H19NO5S. The van der Waals surface area contributed by atoms with E-state index in [1.807, 2.05) is 0 Å². The zero-order valence-electron chi connectivity index (χ0n) is 12.0. The van der Waals surface area contributed by atoms with E-state index in [4.69, 9.17) is 5.11 Å². The predicted molar refractivity (Wildman–Crippen MR) is 76.9 cm³/mol. The van der Waals surface area contributed by atoms with E-state index in [-0.39, 0.29) is 17.1 Å². The molecule has 7 heteroatoms. The number of aromatic carboxylic acids is 1. The number of carbonyl (C=O) groups is 1. The third-order valence-corrected chi connectivity index (χ3v) is 5.83. The fourth-order valence-electron chi connectivity index (χ4n) is 2.47. The minimum Gasteiger partial charge on any atom is -0.478 e. The fourth-order valence-corrected chi connectivity index (χ4v) is 4.26. The second-order valence-electron chi connectivity index (χ2n) is 5.62. The first-order valence-corrected chi connectivity index (χ1v) is 8.18. The Hall–Kier alpha value is -1.44. The van der Waals surface area contributed by atoms with E-state index >= 15 is 0 Å². The van der Waals surface area contributed by atoms with Gasteiger partial charge in [0.1, 0.15) is 0 Å². The molecule has 1 aromatic carbocycles. The molecular weight excluding hydrogens is 294 g/mol. The summed E-state index contributed by atoms with van der Waals surface area (Å²) < 4.78 is 27.6. The molecule has 2 rings (SSSR count). The van der Waals surface area contributed by atoms with Crippen LogP contribution in [0.25, 0.3) is 0 Å². The number of carboxylic acid groups (broad SMARTS) is 1. The van der Waals surface area contributed by atoms with E-state index in [1.54, 1.807) is 13.8 Å². The first kappa shape index (κ1) is 15.9. The van der Waals surface area contributed by atoms with Crippen LogP contribution in [0.3, 0.4) is 0 Å². The summed E-state index contributed by atoms with van der Waals surface area (Å²) in [6.07, 6.45) is 2.02. The van der Waals surface area contributed by atoms with Crippen molar-refractivity contribution in [2.45, 2.75) is 43.5 Å². The van der Waals surface area contributed by atoms with Gasteiger partial charge < -0.3 is 10.2 Å². The molecule has 0 saturated heterocycles. The predicted octanol–water partition coefficient (Wildman–Crippen LogP) is 1.19. The third-order valence-electron chi connectivity index (χ3n) is 4.12. The highest BCUT2D eigenvalue weighted by Crippen LogP contribution is 2.33. The van der Waals surface area contributed by atoms with Crippen molar-refractivity contribution in [2.24, 2.45) is 0 Å². The number of aliphatic hydroxyl groups excluding tert-OH is 1. The number of aliphatic hydroxyl groups is 1. The van der Waals surface area contributed by atoms with Crippen molar-refractivity contribution >= 4 is 16.0 Å². The maximum Gasteiger partial charge on any atom is 0.335 e. The number of aryl methyl sites for hydroxylation is 1. The molecule has 0 amide bonds. The zero-order chi connectivity index (χ0) is 15.8. The number of rotatable bonds is 5. The molecule has 0 heterocycles. The van der Waals surface area contributed by atoms with Gasteiger partial charge in [-0.15, -0.1) is 0 Å². The Balaban J connectivity index is 2.46. The summed E-state index contributed by atoms with van der Waals surface area (Å²) in [5.74, 6) is -1.17. The summed E-state index contributed by atoms with van der Waals surface area (Å²) in [7, 11) is -3.87. The van der Waals surface area contributed by atoms with E-state index in [2.05, 4.69) is 4.72 Å². The number of hydrogen-bond acceptors (Lipinski definition) is 4. The fraction of sp³-hybridized carbons (Fsp3) is 0.500. The van der Waals surface area contributed by atoms with E-state index in [0.717, 1.165) is 12.5 Å². The Labute approximate surface area is 123 Å². The normalized spacial score (nSPS) is 17.3. The number of benzene rings is 1. The van der Waals surface area contributed by atoms with E-state index in [9.17, 15) is 18.3 Å². The van der Waals surface area contributed by atoms with Crippen molar-refractivity contribution in [1.82, 2.24) is 4.72 Å². The number of hydrogen-bond donors (Lipinski definition) is 3. The Morgan fingerprint density at radius 2 is 1.95 bits per heavy atom. The third kappa shape index (κ3) is 2.95. The smallest absolute Gasteiger partial charge is 0.335 e. The summed E-state index contributed by atoms with van der Waals surface area (Å²) in [4.78, 5) is 11.1. The molecule has 0 unspecified atom stereocenters. The van der Waals surface area contributed by atoms with E-state index < -0.39 is 21.5 Å². The number of nitrogens with one attached hydrogen (secondary N) is 1. The van der Waals surface area contributed by atoms with Crippen LogP contribution in [-0.4, -0.2) is 36.7 Å². The maximum absolute atomic E-state index is 12.5. The second kappa shape index (κ2) is 5.40. The van der Waals surface area contributed by atoms with Gasteiger partial charge in [0.25, 0.3) is 0 Å². The molecule has 21 heavy (non-hydrogen) atoms. The topological polar surface area (TPSA) is 104 Å². The van der Waals surface area contributed by atoms with Crippen LogP contribution in [0.1, 0.15) is 40.7 Å². The van der Waals surface area contributed by atoms with Gasteiger partial charge in [-0.1, -0.05) is 0 Å². The van der Waals surface area contributed by atoms with Crippen LogP contribution in [0, 0.1) is 13.8 Å². The molecule has 1 aliphatic carbocycles. The van der Waals surface area contributed by atoms with Crippen LogP contribution in [0.2, 0.25) is 0 Å². The largest absolute Gasteiger partial charge is 0.478 e. The van der Waals surface area contributed by atoms with Gasteiger partial charge in [0.15, 0.2) is 0 Å². The van der Waals surface area contributed by atoms with Crippen molar-refractivity contribution in [1.29, 1.82) is 0 Å². The van der Waals surface area contributed by atoms with Crippen molar-refractivity contribution < 1.29 is 23.4 Å². The first-order chi connectivity index (χ1) is 9.71. The highest BCUT2D eigenvalue weighted by Gasteiger charge is 2.40. The summed E-state index contributed by atoms with van der Waals surface area (Å²) in [6, 6.07) is 2.61. The highest BCUT2D eigenvalue weighted by atomic mass is 32.2. The molecule has 6 nitrogen and oxygen atoms in total. The second-order valence-corrected chi connectivity index (χ2v) is 7.27. The van der Waals surface area contributed by atoms with Crippen molar-refractivity contribution in [2.75, 3.05) is 6.61 Å². The molecule has 0 atom stereocenters. The van der Waals surface area contributed by atoms with Crippen LogP contribution < -0.4 is 4.72 Å². The SMILES string of the molecule is Cc1cc(C(=O)O)cc(S(=O)(=O)NC2(CO)CCC2)c1C. The quantitative estimate of drug-likeness (QED) is 0.757. The highest BCUT2D eigenvalue weighted by molar-refractivity contribution is 7.89. The Bertz CT molecular complexity index is 671. The molecule has 0 spiro atoms. The van der Waals surface area contributed by atoms with Gasteiger partial charge in [0, 0.05) is 0 Å². The van der Waals surface area contributed by atoms with Crippen molar-refractivity contribution in [3.8, 4) is 0 Å². The van der Waals surface area contributed by atoms with E-state index in [0.29, 0.717) is 24.0 Å². The van der Waals surface area contributed by atoms with Gasteiger partial charge in [-0.05, 0) is 56.4 Å². The molecule has 1 aliphatic rings. The van der Waals surface area contributed by atoms with Gasteiger partial charge in [0.05, 0.1) is 22.6 Å². The van der Waals surface area contributed by atoms with Crippen LogP contribution >= 0.6 is 0 Å². The Morgan fingerprint density at radius 3 is 2.38 bits per heavy atom. The van der Waals surface area contributed by atoms with Crippen LogP contribution in [0.4, 0.5) is 0 Å². The average Bonchev–Trinajstić information content (AvgIpc) is 2.36. The maximum atomic E-state index is 12.5. The summed E-state index contributed by atoms with van der Waals surface area (Å²) in [5.41, 5.74) is 0.241.